The SMILES string of the molecule is CCCC1=NN=C(c2cccc(N(CC34CCC(C#N)(CC3)C4)C3CC(F)C4CC43)c2)C1. The van der Waals surface area contributed by atoms with E-state index in [9.17, 15) is 9.65 Å². The average molecular weight is 433 g/mol. The van der Waals surface area contributed by atoms with E-state index in [0.717, 1.165) is 75.6 Å². The van der Waals surface area contributed by atoms with Crippen molar-refractivity contribution >= 4 is 17.1 Å². The molecule has 4 atom stereocenters. The molecule has 168 valence electrons. The molecule has 6 rings (SSSR count). The molecule has 1 aromatic carbocycles. The topological polar surface area (TPSA) is 51.8 Å². The second kappa shape index (κ2) is 7.40. The van der Waals surface area contributed by atoms with Gasteiger partial charge in [0.05, 0.1) is 17.2 Å². The van der Waals surface area contributed by atoms with Crippen LogP contribution in [0.25, 0.3) is 0 Å². The molecule has 4 nitrogen and oxygen atoms in total. The van der Waals surface area contributed by atoms with Gasteiger partial charge in [-0.15, -0.1) is 0 Å². The molecule has 4 aliphatic carbocycles. The third-order valence-corrected chi connectivity index (χ3v) is 9.17. The van der Waals surface area contributed by atoms with Gasteiger partial charge in [0.15, 0.2) is 0 Å². The maximum atomic E-state index is 14.6. The fourth-order valence-electron chi connectivity index (χ4n) is 7.34. The van der Waals surface area contributed by atoms with Crippen LogP contribution in [0.1, 0.15) is 76.7 Å². The van der Waals surface area contributed by atoms with E-state index in [1.807, 2.05) is 0 Å². The summed E-state index contributed by atoms with van der Waals surface area (Å²) in [5.41, 5.74) is 4.69. The van der Waals surface area contributed by atoms with Gasteiger partial charge in [0.25, 0.3) is 0 Å². The average Bonchev–Trinajstić information content (AvgIpc) is 3.10. The lowest BCUT2D eigenvalue weighted by Gasteiger charge is -2.40. The van der Waals surface area contributed by atoms with Crippen molar-refractivity contribution in [1.82, 2.24) is 0 Å². The van der Waals surface area contributed by atoms with Crippen LogP contribution in [0, 0.1) is 34.0 Å². The van der Waals surface area contributed by atoms with Crippen molar-refractivity contribution in [2.24, 2.45) is 32.9 Å². The molecule has 4 unspecified atom stereocenters. The first-order valence-corrected chi connectivity index (χ1v) is 12.6. The number of benzene rings is 1. The Morgan fingerprint density at radius 2 is 2.00 bits per heavy atom. The molecule has 1 heterocycles. The van der Waals surface area contributed by atoms with Crippen molar-refractivity contribution in [1.29, 1.82) is 5.26 Å². The first-order valence-electron chi connectivity index (χ1n) is 12.6. The fraction of sp³-hybridized carbons (Fsp3) is 0.667. The van der Waals surface area contributed by atoms with Gasteiger partial charge in [-0.25, -0.2) is 4.39 Å². The molecule has 2 bridgehead atoms. The first kappa shape index (κ1) is 20.4. The quantitative estimate of drug-likeness (QED) is 0.526. The van der Waals surface area contributed by atoms with E-state index in [-0.39, 0.29) is 22.8 Å². The molecular weight excluding hydrogens is 399 g/mol. The Kier molecular flexibility index (Phi) is 4.72. The summed E-state index contributed by atoms with van der Waals surface area (Å²) in [7, 11) is 0. The summed E-state index contributed by atoms with van der Waals surface area (Å²) in [6.45, 7) is 3.14. The molecule has 0 radical (unpaired) electrons. The number of rotatable bonds is 7. The Morgan fingerprint density at radius 3 is 2.66 bits per heavy atom. The smallest absolute Gasteiger partial charge is 0.105 e. The molecular formula is C27H33FN4. The van der Waals surface area contributed by atoms with Crippen LogP contribution < -0.4 is 4.90 Å². The highest BCUT2D eigenvalue weighted by molar-refractivity contribution is 6.15. The molecule has 1 aromatic rings. The molecule has 5 heteroatoms. The van der Waals surface area contributed by atoms with Crippen molar-refractivity contribution < 1.29 is 4.39 Å². The highest BCUT2D eigenvalue weighted by atomic mass is 19.1. The van der Waals surface area contributed by atoms with E-state index in [1.165, 1.54) is 11.4 Å². The Morgan fingerprint density at radius 1 is 1.16 bits per heavy atom. The normalized spacial score (nSPS) is 38.9. The van der Waals surface area contributed by atoms with Gasteiger partial charge in [-0.2, -0.15) is 15.5 Å². The first-order chi connectivity index (χ1) is 15.5. The van der Waals surface area contributed by atoms with Crippen molar-refractivity contribution in [2.75, 3.05) is 11.4 Å². The minimum absolute atomic E-state index is 0.0977. The zero-order valence-electron chi connectivity index (χ0n) is 19.1. The molecule has 0 spiro atoms. The van der Waals surface area contributed by atoms with Gasteiger partial charge < -0.3 is 4.90 Å². The van der Waals surface area contributed by atoms with E-state index in [4.69, 9.17) is 0 Å². The van der Waals surface area contributed by atoms with Crippen LogP contribution in [0.5, 0.6) is 0 Å². The third-order valence-electron chi connectivity index (χ3n) is 9.17. The van der Waals surface area contributed by atoms with Gasteiger partial charge in [-0.05, 0) is 80.8 Å². The van der Waals surface area contributed by atoms with Gasteiger partial charge in [0.1, 0.15) is 6.17 Å². The van der Waals surface area contributed by atoms with E-state index in [0.29, 0.717) is 12.3 Å². The molecule has 0 saturated heterocycles. The van der Waals surface area contributed by atoms with E-state index in [2.05, 4.69) is 52.4 Å². The van der Waals surface area contributed by atoms with Crippen molar-refractivity contribution in [3.63, 3.8) is 0 Å². The fourth-order valence-corrected chi connectivity index (χ4v) is 7.34. The van der Waals surface area contributed by atoms with Crippen molar-refractivity contribution in [3.05, 3.63) is 29.8 Å². The third kappa shape index (κ3) is 3.29. The van der Waals surface area contributed by atoms with Crippen LogP contribution >= 0.6 is 0 Å². The molecule has 0 aromatic heterocycles. The zero-order valence-corrected chi connectivity index (χ0v) is 19.1. The van der Waals surface area contributed by atoms with Gasteiger partial charge in [-0.3, -0.25) is 0 Å². The molecule has 1 aliphatic heterocycles. The Bertz CT molecular complexity index is 1010. The Balaban J connectivity index is 1.29. The summed E-state index contributed by atoms with van der Waals surface area (Å²) in [4.78, 5) is 2.55. The number of hydrogen-bond acceptors (Lipinski definition) is 4. The van der Waals surface area contributed by atoms with Gasteiger partial charge in [0.2, 0.25) is 0 Å². The minimum atomic E-state index is -0.650. The Hall–Kier alpha value is -2.22. The standard InChI is InChI=1S/C27H33FN4/c1-2-4-19-12-24(31-30-19)18-5-3-6-20(11-18)32(25-14-23(28)21-13-22(21)25)17-27-9-7-26(15-27,16-29)8-10-27/h3,5-6,11,21-23,25H,2,4,7-10,12-15,17H2,1H3. The van der Waals surface area contributed by atoms with Crippen LogP contribution in [-0.2, 0) is 0 Å². The van der Waals surface area contributed by atoms with Crippen LogP contribution in [0.2, 0.25) is 0 Å². The number of fused-ring (bicyclic) bond motifs is 3. The number of halogens is 1. The van der Waals surface area contributed by atoms with Crippen molar-refractivity contribution in [3.8, 4) is 6.07 Å². The highest BCUT2D eigenvalue weighted by Gasteiger charge is 2.59. The van der Waals surface area contributed by atoms with Gasteiger partial charge >= 0.3 is 0 Å². The van der Waals surface area contributed by atoms with Gasteiger partial charge in [-0.1, -0.05) is 25.5 Å². The van der Waals surface area contributed by atoms with Crippen LogP contribution in [-0.4, -0.2) is 30.2 Å². The molecule has 32 heavy (non-hydrogen) atoms. The summed E-state index contributed by atoms with van der Waals surface area (Å²) in [5, 5.41) is 18.7. The number of anilines is 1. The summed E-state index contributed by atoms with van der Waals surface area (Å²) in [6, 6.07) is 11.7. The number of hydrogen-bond donors (Lipinski definition) is 0. The lowest BCUT2D eigenvalue weighted by Crippen LogP contribution is -2.43. The molecule has 0 amide bonds. The minimum Gasteiger partial charge on any atom is -0.368 e. The predicted molar refractivity (Wildman–Crippen MR) is 126 cm³/mol. The molecule has 4 fully saturated rings. The maximum Gasteiger partial charge on any atom is 0.105 e. The second-order valence-electron chi connectivity index (χ2n) is 11.3. The number of nitriles is 1. The van der Waals surface area contributed by atoms with E-state index < -0.39 is 6.17 Å². The molecule has 0 N–H and O–H groups in total. The number of nitrogens with zero attached hydrogens (tertiary/aromatic N) is 4. The molecule has 5 aliphatic rings. The maximum absolute atomic E-state index is 14.6. The lowest BCUT2D eigenvalue weighted by molar-refractivity contribution is 0.270. The zero-order chi connectivity index (χ0) is 21.9. The second-order valence-corrected chi connectivity index (χ2v) is 11.3. The summed E-state index contributed by atoms with van der Waals surface area (Å²) >= 11 is 0. The summed E-state index contributed by atoms with van der Waals surface area (Å²) < 4.78 is 14.6. The highest BCUT2D eigenvalue weighted by Crippen LogP contribution is 2.63. The van der Waals surface area contributed by atoms with E-state index in [1.54, 1.807) is 0 Å². The summed E-state index contributed by atoms with van der Waals surface area (Å²) in [6.07, 6.45) is 9.35. The lowest BCUT2D eigenvalue weighted by atomic mass is 9.82. The number of alkyl halides is 1. The summed E-state index contributed by atoms with van der Waals surface area (Å²) in [5.74, 6) is 0.773. The largest absolute Gasteiger partial charge is 0.368 e. The van der Waals surface area contributed by atoms with Crippen LogP contribution in [0.4, 0.5) is 10.1 Å². The Labute approximate surface area is 190 Å². The van der Waals surface area contributed by atoms with E-state index >= 15 is 0 Å². The monoisotopic (exact) mass is 432 g/mol. The van der Waals surface area contributed by atoms with Crippen LogP contribution in [0.15, 0.2) is 34.5 Å². The van der Waals surface area contributed by atoms with Crippen molar-refractivity contribution in [2.45, 2.75) is 83.3 Å². The van der Waals surface area contributed by atoms with Gasteiger partial charge in [0, 0.05) is 36.0 Å². The molecule has 4 saturated carbocycles. The predicted octanol–water partition coefficient (Wildman–Crippen LogP) is 6.06. The van der Waals surface area contributed by atoms with Crippen LogP contribution in [0.3, 0.4) is 0 Å².